The van der Waals surface area contributed by atoms with Gasteiger partial charge in [-0.05, 0) is 23.8 Å². The molecule has 0 aliphatic carbocycles. The number of ether oxygens (including phenoxy) is 1. The van der Waals surface area contributed by atoms with Gasteiger partial charge in [0.15, 0.2) is 5.82 Å². The minimum absolute atomic E-state index is 0.409. The van der Waals surface area contributed by atoms with Gasteiger partial charge in [0.05, 0.1) is 13.2 Å². The SMILES string of the molecule is c1cc(CNc2nccc(Nc3cc(C4COC4)[nH]n3)n2)c2cc[nH]c2c1. The number of aromatic nitrogens is 5. The topological polar surface area (TPSA) is 104 Å². The number of benzene rings is 1. The van der Waals surface area contributed by atoms with Crippen molar-refractivity contribution in [3.05, 3.63) is 60.0 Å². The van der Waals surface area contributed by atoms with E-state index in [1.165, 1.54) is 10.9 Å². The Labute approximate surface area is 155 Å². The molecule has 0 radical (unpaired) electrons. The molecule has 0 spiro atoms. The Morgan fingerprint density at radius 3 is 3.00 bits per heavy atom. The van der Waals surface area contributed by atoms with Gasteiger partial charge in [-0.15, -0.1) is 0 Å². The van der Waals surface area contributed by atoms with Gasteiger partial charge in [-0.3, -0.25) is 5.10 Å². The van der Waals surface area contributed by atoms with Crippen LogP contribution in [0.4, 0.5) is 17.6 Å². The Hall–Kier alpha value is -3.39. The molecule has 4 heterocycles. The summed E-state index contributed by atoms with van der Waals surface area (Å²) in [6.07, 6.45) is 3.67. The molecule has 0 amide bonds. The van der Waals surface area contributed by atoms with Crippen LogP contribution >= 0.6 is 0 Å². The van der Waals surface area contributed by atoms with Crippen molar-refractivity contribution in [3.63, 3.8) is 0 Å². The van der Waals surface area contributed by atoms with Crippen molar-refractivity contribution in [1.29, 1.82) is 0 Å². The summed E-state index contributed by atoms with van der Waals surface area (Å²) in [7, 11) is 0. The summed E-state index contributed by atoms with van der Waals surface area (Å²) in [4.78, 5) is 12.1. The summed E-state index contributed by atoms with van der Waals surface area (Å²) < 4.78 is 5.22. The Morgan fingerprint density at radius 2 is 2.11 bits per heavy atom. The second-order valence-electron chi connectivity index (χ2n) is 6.54. The average Bonchev–Trinajstić information content (AvgIpc) is 3.28. The fourth-order valence-electron chi connectivity index (χ4n) is 3.15. The van der Waals surface area contributed by atoms with Crippen molar-refractivity contribution >= 4 is 28.5 Å². The van der Waals surface area contributed by atoms with Gasteiger partial charge in [0.25, 0.3) is 0 Å². The number of H-pyrrole nitrogens is 2. The summed E-state index contributed by atoms with van der Waals surface area (Å²) in [5.74, 6) is 2.40. The third-order valence-electron chi connectivity index (χ3n) is 4.71. The molecule has 136 valence electrons. The molecule has 4 aromatic rings. The molecule has 3 aromatic heterocycles. The van der Waals surface area contributed by atoms with Crippen LogP contribution in [-0.4, -0.2) is 38.4 Å². The lowest BCUT2D eigenvalue weighted by Crippen LogP contribution is -2.25. The van der Waals surface area contributed by atoms with Crippen molar-refractivity contribution < 1.29 is 4.74 Å². The zero-order chi connectivity index (χ0) is 18.1. The number of anilines is 3. The first-order valence-corrected chi connectivity index (χ1v) is 8.87. The number of fused-ring (bicyclic) bond motifs is 1. The molecular formula is C19H19N7O. The van der Waals surface area contributed by atoms with Crippen LogP contribution in [0, 0.1) is 0 Å². The molecule has 0 saturated carbocycles. The highest BCUT2D eigenvalue weighted by Crippen LogP contribution is 2.25. The number of aromatic amines is 2. The number of nitrogens with one attached hydrogen (secondary N) is 4. The number of nitrogens with zero attached hydrogens (tertiary/aromatic N) is 3. The molecule has 0 unspecified atom stereocenters. The lowest BCUT2D eigenvalue weighted by Gasteiger charge is -2.24. The number of hydrogen-bond acceptors (Lipinski definition) is 6. The highest BCUT2D eigenvalue weighted by molar-refractivity contribution is 5.83. The van der Waals surface area contributed by atoms with E-state index in [2.05, 4.69) is 54.0 Å². The molecule has 4 N–H and O–H groups in total. The van der Waals surface area contributed by atoms with Crippen molar-refractivity contribution in [2.75, 3.05) is 23.8 Å². The van der Waals surface area contributed by atoms with E-state index in [0.29, 0.717) is 24.2 Å². The smallest absolute Gasteiger partial charge is 0.224 e. The van der Waals surface area contributed by atoms with Crippen LogP contribution in [0.25, 0.3) is 10.9 Å². The Bertz CT molecular complexity index is 1070. The van der Waals surface area contributed by atoms with Gasteiger partial charge in [-0.25, -0.2) is 4.98 Å². The molecule has 1 saturated heterocycles. The van der Waals surface area contributed by atoms with Gasteiger partial charge < -0.3 is 20.4 Å². The number of hydrogen-bond donors (Lipinski definition) is 4. The van der Waals surface area contributed by atoms with E-state index >= 15 is 0 Å². The molecule has 1 aliphatic rings. The Kier molecular flexibility index (Phi) is 3.95. The molecule has 0 bridgehead atoms. The standard InChI is InChI=1S/C19H19N7O/c1-2-12(14-4-6-20-15(14)3-1)9-22-19-21-7-5-17(24-19)23-18-8-16(25-26-18)13-10-27-11-13/h1-8,13,20H,9-11H2,(H3,21,22,23,24,25,26). The maximum absolute atomic E-state index is 5.22. The summed E-state index contributed by atoms with van der Waals surface area (Å²) in [6, 6.07) is 12.1. The largest absolute Gasteiger partial charge is 0.380 e. The van der Waals surface area contributed by atoms with E-state index < -0.39 is 0 Å². The Balaban J connectivity index is 1.27. The van der Waals surface area contributed by atoms with Crippen LogP contribution in [0.1, 0.15) is 17.2 Å². The first-order valence-electron chi connectivity index (χ1n) is 8.87. The first kappa shape index (κ1) is 15.8. The van der Waals surface area contributed by atoms with Gasteiger partial charge in [0, 0.05) is 47.5 Å². The highest BCUT2D eigenvalue weighted by atomic mass is 16.5. The van der Waals surface area contributed by atoms with Crippen molar-refractivity contribution in [2.24, 2.45) is 0 Å². The molecule has 8 nitrogen and oxygen atoms in total. The zero-order valence-electron chi connectivity index (χ0n) is 14.6. The quantitative estimate of drug-likeness (QED) is 0.421. The minimum atomic E-state index is 0.409. The van der Waals surface area contributed by atoms with Crippen LogP contribution in [0.2, 0.25) is 0 Å². The molecule has 0 atom stereocenters. The van der Waals surface area contributed by atoms with E-state index in [1.807, 2.05) is 24.4 Å². The van der Waals surface area contributed by atoms with Crippen LogP contribution in [0.3, 0.4) is 0 Å². The van der Waals surface area contributed by atoms with Gasteiger partial charge >= 0.3 is 0 Å². The van der Waals surface area contributed by atoms with E-state index in [4.69, 9.17) is 4.74 Å². The summed E-state index contributed by atoms with van der Waals surface area (Å²) in [5.41, 5.74) is 3.39. The number of rotatable bonds is 6. The normalized spacial score (nSPS) is 14.2. The molecule has 1 aromatic carbocycles. The van der Waals surface area contributed by atoms with E-state index in [1.54, 1.807) is 6.20 Å². The third-order valence-corrected chi connectivity index (χ3v) is 4.71. The van der Waals surface area contributed by atoms with Crippen molar-refractivity contribution in [1.82, 2.24) is 25.1 Å². The van der Waals surface area contributed by atoms with E-state index in [0.717, 1.165) is 30.2 Å². The fourth-order valence-corrected chi connectivity index (χ4v) is 3.15. The minimum Gasteiger partial charge on any atom is -0.380 e. The highest BCUT2D eigenvalue weighted by Gasteiger charge is 2.22. The predicted octanol–water partition coefficient (Wildman–Crippen LogP) is 3.15. The van der Waals surface area contributed by atoms with Crippen LogP contribution in [0.15, 0.2) is 48.8 Å². The lowest BCUT2D eigenvalue weighted by molar-refractivity contribution is 0.00670. The zero-order valence-corrected chi connectivity index (χ0v) is 14.6. The fraction of sp³-hybridized carbons (Fsp3) is 0.211. The van der Waals surface area contributed by atoms with Crippen LogP contribution in [-0.2, 0) is 11.3 Å². The van der Waals surface area contributed by atoms with Gasteiger partial charge in [0.1, 0.15) is 5.82 Å². The lowest BCUT2D eigenvalue weighted by atomic mass is 10.0. The second-order valence-corrected chi connectivity index (χ2v) is 6.54. The molecule has 1 fully saturated rings. The van der Waals surface area contributed by atoms with Gasteiger partial charge in [-0.2, -0.15) is 10.1 Å². The van der Waals surface area contributed by atoms with Crippen molar-refractivity contribution in [2.45, 2.75) is 12.5 Å². The molecule has 5 rings (SSSR count). The van der Waals surface area contributed by atoms with E-state index in [-0.39, 0.29) is 0 Å². The average molecular weight is 361 g/mol. The van der Waals surface area contributed by atoms with Crippen molar-refractivity contribution in [3.8, 4) is 0 Å². The Morgan fingerprint density at radius 1 is 1.15 bits per heavy atom. The first-order chi connectivity index (χ1) is 13.3. The summed E-state index contributed by atoms with van der Waals surface area (Å²) in [6.45, 7) is 2.14. The second kappa shape index (κ2) is 6.73. The molecule has 1 aliphatic heterocycles. The molecule has 27 heavy (non-hydrogen) atoms. The summed E-state index contributed by atoms with van der Waals surface area (Å²) in [5, 5.41) is 15.0. The summed E-state index contributed by atoms with van der Waals surface area (Å²) >= 11 is 0. The third kappa shape index (κ3) is 3.22. The maximum Gasteiger partial charge on any atom is 0.224 e. The van der Waals surface area contributed by atoms with Gasteiger partial charge in [0.2, 0.25) is 5.95 Å². The predicted molar refractivity (Wildman–Crippen MR) is 103 cm³/mol. The van der Waals surface area contributed by atoms with Gasteiger partial charge in [-0.1, -0.05) is 12.1 Å². The van der Waals surface area contributed by atoms with Crippen LogP contribution < -0.4 is 10.6 Å². The van der Waals surface area contributed by atoms with Crippen LogP contribution in [0.5, 0.6) is 0 Å². The maximum atomic E-state index is 5.22. The molecule has 8 heteroatoms. The molecular weight excluding hydrogens is 342 g/mol. The monoisotopic (exact) mass is 361 g/mol. The van der Waals surface area contributed by atoms with E-state index in [9.17, 15) is 0 Å².